The van der Waals surface area contributed by atoms with Gasteiger partial charge in [-0.1, -0.05) is 0 Å². The lowest BCUT2D eigenvalue weighted by atomic mass is 10.3. The average molecular weight is 284 g/mol. The summed E-state index contributed by atoms with van der Waals surface area (Å²) in [7, 11) is 0. The third-order valence-corrected chi connectivity index (χ3v) is 2.50. The van der Waals surface area contributed by atoms with Crippen molar-refractivity contribution in [3.8, 4) is 0 Å². The summed E-state index contributed by atoms with van der Waals surface area (Å²) in [5.74, 6) is 0.707. The third-order valence-electron chi connectivity index (χ3n) is 2.07. The first-order valence-electron chi connectivity index (χ1n) is 4.72. The van der Waals surface area contributed by atoms with Gasteiger partial charge in [0.2, 0.25) is 0 Å². The van der Waals surface area contributed by atoms with Gasteiger partial charge < -0.3 is 14.7 Å². The van der Waals surface area contributed by atoms with Crippen molar-refractivity contribution in [1.82, 2.24) is 15.3 Å². The summed E-state index contributed by atoms with van der Waals surface area (Å²) in [6.07, 6.45) is 3.35. The van der Waals surface area contributed by atoms with Crippen molar-refractivity contribution in [2.75, 3.05) is 0 Å². The van der Waals surface area contributed by atoms with E-state index in [1.165, 1.54) is 0 Å². The number of carbonyl (C=O) groups is 1. The number of rotatable bonds is 3. The maximum absolute atomic E-state index is 11.7. The lowest BCUT2D eigenvalue weighted by Crippen LogP contribution is -2.26. The second kappa shape index (κ2) is 4.52. The first-order chi connectivity index (χ1) is 7.66. The van der Waals surface area contributed by atoms with Crippen LogP contribution in [0.2, 0.25) is 0 Å². The number of H-pyrrole nitrogens is 1. The zero-order valence-electron chi connectivity index (χ0n) is 8.53. The summed E-state index contributed by atoms with van der Waals surface area (Å²) in [4.78, 5) is 18.7. The molecule has 6 heteroatoms. The molecule has 0 aromatic carbocycles. The molecule has 2 aromatic rings. The van der Waals surface area contributed by atoms with Crippen LogP contribution in [-0.2, 0) is 0 Å². The Bertz CT molecular complexity index is 478. The molecule has 0 spiro atoms. The number of hydrogen-bond acceptors (Lipinski definition) is 3. The van der Waals surface area contributed by atoms with Crippen LogP contribution in [0.15, 0.2) is 33.6 Å². The molecule has 5 nitrogen and oxygen atoms in total. The quantitative estimate of drug-likeness (QED) is 0.908. The molecule has 84 valence electrons. The molecule has 0 aliphatic rings. The minimum Gasteiger partial charge on any atom is -0.444 e. The number of aromatic amines is 1. The molecule has 2 aromatic heterocycles. The van der Waals surface area contributed by atoms with E-state index in [0.29, 0.717) is 10.5 Å². The summed E-state index contributed by atoms with van der Waals surface area (Å²) < 4.78 is 5.67. The molecule has 2 rings (SSSR count). The van der Waals surface area contributed by atoms with E-state index in [-0.39, 0.29) is 17.7 Å². The second-order valence-electron chi connectivity index (χ2n) is 3.27. The van der Waals surface area contributed by atoms with Crippen molar-refractivity contribution in [3.63, 3.8) is 0 Å². The van der Waals surface area contributed by atoms with E-state index in [9.17, 15) is 4.79 Å². The Morgan fingerprint density at radius 2 is 2.44 bits per heavy atom. The van der Waals surface area contributed by atoms with Crippen LogP contribution < -0.4 is 5.32 Å². The van der Waals surface area contributed by atoms with Crippen molar-refractivity contribution < 1.29 is 9.21 Å². The SMILES string of the molecule is CC(NC(=O)c1ccc(Br)o1)c1ncc[nH]1. The highest BCUT2D eigenvalue weighted by atomic mass is 79.9. The van der Waals surface area contributed by atoms with Gasteiger partial charge in [-0.3, -0.25) is 4.79 Å². The number of furan rings is 1. The van der Waals surface area contributed by atoms with Gasteiger partial charge in [0.05, 0.1) is 6.04 Å². The van der Waals surface area contributed by atoms with E-state index in [2.05, 4.69) is 31.2 Å². The Kier molecular flexibility index (Phi) is 3.09. The van der Waals surface area contributed by atoms with E-state index in [1.807, 2.05) is 6.92 Å². The van der Waals surface area contributed by atoms with Gasteiger partial charge in [-0.05, 0) is 35.0 Å². The van der Waals surface area contributed by atoms with Crippen molar-refractivity contribution in [3.05, 3.63) is 40.8 Å². The summed E-state index contributed by atoms with van der Waals surface area (Å²) >= 11 is 3.14. The normalized spacial score (nSPS) is 12.4. The number of imidazole rings is 1. The second-order valence-corrected chi connectivity index (χ2v) is 4.05. The van der Waals surface area contributed by atoms with Crippen LogP contribution in [0.4, 0.5) is 0 Å². The lowest BCUT2D eigenvalue weighted by molar-refractivity contribution is 0.0909. The molecule has 16 heavy (non-hydrogen) atoms. The van der Waals surface area contributed by atoms with Gasteiger partial charge in [0, 0.05) is 12.4 Å². The third kappa shape index (κ3) is 2.33. The molecule has 2 N–H and O–H groups in total. The van der Waals surface area contributed by atoms with Gasteiger partial charge in [-0.25, -0.2) is 4.98 Å². The van der Waals surface area contributed by atoms with Crippen molar-refractivity contribution in [1.29, 1.82) is 0 Å². The molecule has 1 atom stereocenters. The largest absolute Gasteiger partial charge is 0.444 e. The van der Waals surface area contributed by atoms with E-state index >= 15 is 0 Å². The molecule has 0 radical (unpaired) electrons. The summed E-state index contributed by atoms with van der Waals surface area (Å²) in [6, 6.07) is 3.09. The summed E-state index contributed by atoms with van der Waals surface area (Å²) in [5.41, 5.74) is 0. The molecule has 2 heterocycles. The number of halogens is 1. The number of nitrogens with zero attached hydrogens (tertiary/aromatic N) is 1. The van der Waals surface area contributed by atoms with E-state index < -0.39 is 0 Å². The van der Waals surface area contributed by atoms with Gasteiger partial charge in [-0.2, -0.15) is 0 Å². The smallest absolute Gasteiger partial charge is 0.287 e. The fourth-order valence-corrected chi connectivity index (χ4v) is 1.59. The van der Waals surface area contributed by atoms with E-state index in [1.54, 1.807) is 24.5 Å². The van der Waals surface area contributed by atoms with Gasteiger partial charge in [0.1, 0.15) is 5.82 Å². The molecule has 1 amide bonds. The molecule has 0 aliphatic carbocycles. The van der Waals surface area contributed by atoms with Crippen molar-refractivity contribution >= 4 is 21.8 Å². The lowest BCUT2D eigenvalue weighted by Gasteiger charge is -2.09. The fraction of sp³-hybridized carbons (Fsp3) is 0.200. The number of nitrogens with one attached hydrogen (secondary N) is 2. The molecular formula is C10H10BrN3O2. The minimum absolute atomic E-state index is 0.189. The van der Waals surface area contributed by atoms with Crippen LogP contribution in [0.1, 0.15) is 29.3 Å². The topological polar surface area (TPSA) is 70.9 Å². The highest BCUT2D eigenvalue weighted by Gasteiger charge is 2.15. The van der Waals surface area contributed by atoms with Gasteiger partial charge in [0.15, 0.2) is 10.4 Å². The molecule has 0 aliphatic heterocycles. The van der Waals surface area contributed by atoms with Crippen LogP contribution in [0.5, 0.6) is 0 Å². The zero-order valence-corrected chi connectivity index (χ0v) is 10.1. The molecule has 0 saturated heterocycles. The Morgan fingerprint density at radius 3 is 3.00 bits per heavy atom. The highest BCUT2D eigenvalue weighted by Crippen LogP contribution is 2.15. The van der Waals surface area contributed by atoms with Crippen LogP contribution in [0, 0.1) is 0 Å². The number of carbonyl (C=O) groups excluding carboxylic acids is 1. The first kappa shape index (κ1) is 10.9. The van der Waals surface area contributed by atoms with E-state index in [0.717, 1.165) is 0 Å². The van der Waals surface area contributed by atoms with Gasteiger partial charge >= 0.3 is 0 Å². The van der Waals surface area contributed by atoms with Crippen LogP contribution in [-0.4, -0.2) is 15.9 Å². The van der Waals surface area contributed by atoms with Crippen LogP contribution >= 0.6 is 15.9 Å². The predicted molar refractivity (Wildman–Crippen MR) is 60.9 cm³/mol. The Morgan fingerprint density at radius 1 is 1.62 bits per heavy atom. The van der Waals surface area contributed by atoms with Gasteiger partial charge in [0.25, 0.3) is 5.91 Å². The van der Waals surface area contributed by atoms with Crippen LogP contribution in [0.3, 0.4) is 0 Å². The monoisotopic (exact) mass is 283 g/mol. The van der Waals surface area contributed by atoms with Crippen molar-refractivity contribution in [2.24, 2.45) is 0 Å². The number of aromatic nitrogens is 2. The Balaban J connectivity index is 2.03. The standard InChI is InChI=1S/C10H10BrN3O2/c1-6(9-12-4-5-13-9)14-10(15)7-2-3-8(11)16-7/h2-6H,1H3,(H,12,13)(H,14,15). The number of amides is 1. The molecule has 0 fully saturated rings. The maximum Gasteiger partial charge on any atom is 0.287 e. The summed E-state index contributed by atoms with van der Waals surface area (Å²) in [6.45, 7) is 1.84. The van der Waals surface area contributed by atoms with Crippen LogP contribution in [0.25, 0.3) is 0 Å². The molecular weight excluding hydrogens is 274 g/mol. The molecule has 0 bridgehead atoms. The fourth-order valence-electron chi connectivity index (χ4n) is 1.29. The van der Waals surface area contributed by atoms with Crippen molar-refractivity contribution in [2.45, 2.75) is 13.0 Å². The maximum atomic E-state index is 11.7. The Labute approximate surface area is 100 Å². The first-order valence-corrected chi connectivity index (χ1v) is 5.51. The highest BCUT2D eigenvalue weighted by molar-refractivity contribution is 9.10. The predicted octanol–water partition coefficient (Wildman–Crippen LogP) is 2.26. The van der Waals surface area contributed by atoms with E-state index in [4.69, 9.17) is 4.42 Å². The minimum atomic E-state index is -0.269. The van der Waals surface area contributed by atoms with Gasteiger partial charge in [-0.15, -0.1) is 0 Å². The average Bonchev–Trinajstić information content (AvgIpc) is 2.87. The zero-order chi connectivity index (χ0) is 11.5. The Hall–Kier alpha value is -1.56. The molecule has 0 saturated carbocycles. The molecule has 1 unspecified atom stereocenters. The summed E-state index contributed by atoms with van der Waals surface area (Å²) in [5, 5.41) is 2.76. The number of hydrogen-bond donors (Lipinski definition) is 2.